The van der Waals surface area contributed by atoms with Crippen molar-refractivity contribution in [3.05, 3.63) is 0 Å². The molecule has 0 amide bonds. The van der Waals surface area contributed by atoms with E-state index in [1.54, 1.807) is 0 Å². The van der Waals surface area contributed by atoms with Gasteiger partial charge in [0.25, 0.3) is 0 Å². The summed E-state index contributed by atoms with van der Waals surface area (Å²) in [6.45, 7) is -0.228. The van der Waals surface area contributed by atoms with Gasteiger partial charge in [0.05, 0.1) is 0 Å². The van der Waals surface area contributed by atoms with Crippen molar-refractivity contribution >= 4 is 0 Å². The Hall–Kier alpha value is -0.530. The molecule has 0 aromatic carbocycles. The van der Waals surface area contributed by atoms with Gasteiger partial charge in [-0.1, -0.05) is 0 Å². The lowest BCUT2D eigenvalue weighted by atomic mass is 9.98. The van der Waals surface area contributed by atoms with Crippen LogP contribution in [0.4, 0.5) is 30.7 Å². The summed E-state index contributed by atoms with van der Waals surface area (Å²) < 4.78 is 90.7. The highest BCUT2D eigenvalue weighted by Crippen LogP contribution is 2.49. The van der Waals surface area contributed by atoms with E-state index >= 15 is 0 Å². The van der Waals surface area contributed by atoms with Gasteiger partial charge in [-0.25, -0.2) is 0 Å². The van der Waals surface area contributed by atoms with Crippen LogP contribution in [-0.4, -0.2) is 30.7 Å². The van der Waals surface area contributed by atoms with E-state index in [-0.39, 0.29) is 13.0 Å². The molecule has 0 aliphatic carbocycles. The van der Waals surface area contributed by atoms with E-state index in [4.69, 9.17) is 0 Å². The predicted octanol–water partition coefficient (Wildman–Crippen LogP) is 3.39. The monoisotopic (exact) mass is 254 g/mol. The Labute approximate surface area is 86.6 Å². The third-order valence-corrected chi connectivity index (χ3v) is 2.36. The standard InChI is InChI=1S/C8H9F7O/c9-6(10,5-3-1-2-4-16-5)7(11,12)8(13,14)15/h5H,1-4H2. The van der Waals surface area contributed by atoms with E-state index in [0.29, 0.717) is 6.42 Å². The summed E-state index contributed by atoms with van der Waals surface area (Å²) in [6.07, 6.45) is -8.63. The molecule has 1 nitrogen and oxygen atoms in total. The van der Waals surface area contributed by atoms with E-state index in [2.05, 4.69) is 4.74 Å². The molecule has 1 fully saturated rings. The molecular formula is C8H9F7O. The summed E-state index contributed by atoms with van der Waals surface area (Å²) in [5.41, 5.74) is 0. The van der Waals surface area contributed by atoms with Gasteiger partial charge in [0.1, 0.15) is 6.10 Å². The van der Waals surface area contributed by atoms with Crippen LogP contribution in [0, 0.1) is 0 Å². The van der Waals surface area contributed by atoms with Gasteiger partial charge >= 0.3 is 18.0 Å². The first-order valence-corrected chi connectivity index (χ1v) is 4.54. The van der Waals surface area contributed by atoms with Gasteiger partial charge in [0.15, 0.2) is 0 Å². The zero-order valence-electron chi connectivity index (χ0n) is 7.96. The molecule has 0 N–H and O–H groups in total. The molecule has 1 rings (SSSR count). The van der Waals surface area contributed by atoms with Gasteiger partial charge in [0, 0.05) is 6.61 Å². The van der Waals surface area contributed by atoms with Crippen molar-refractivity contribution in [3.8, 4) is 0 Å². The van der Waals surface area contributed by atoms with Gasteiger partial charge in [-0.15, -0.1) is 0 Å². The van der Waals surface area contributed by atoms with Crippen LogP contribution >= 0.6 is 0 Å². The first kappa shape index (κ1) is 13.5. The van der Waals surface area contributed by atoms with Crippen LogP contribution in [-0.2, 0) is 4.74 Å². The third-order valence-electron chi connectivity index (χ3n) is 2.36. The minimum atomic E-state index is -6.28. The number of hydrogen-bond donors (Lipinski definition) is 0. The van der Waals surface area contributed by atoms with E-state index in [9.17, 15) is 30.7 Å². The average molecular weight is 254 g/mol. The van der Waals surface area contributed by atoms with Crippen LogP contribution in [0.1, 0.15) is 19.3 Å². The Kier molecular flexibility index (Phi) is 3.42. The Bertz CT molecular complexity index is 241. The molecule has 1 aliphatic rings. The Morgan fingerprint density at radius 2 is 1.44 bits per heavy atom. The molecular weight excluding hydrogens is 245 g/mol. The SMILES string of the molecule is FC(F)(F)C(F)(F)C(F)(F)C1CCCCO1. The Morgan fingerprint density at radius 3 is 1.81 bits per heavy atom. The smallest absolute Gasteiger partial charge is 0.372 e. The summed E-state index contributed by atoms with van der Waals surface area (Å²) >= 11 is 0. The van der Waals surface area contributed by atoms with Crippen molar-refractivity contribution in [2.24, 2.45) is 0 Å². The van der Waals surface area contributed by atoms with Crippen molar-refractivity contribution in [1.29, 1.82) is 0 Å². The molecule has 1 saturated heterocycles. The van der Waals surface area contributed by atoms with Crippen LogP contribution in [0.5, 0.6) is 0 Å². The van der Waals surface area contributed by atoms with Crippen molar-refractivity contribution in [2.75, 3.05) is 6.61 Å². The maximum absolute atomic E-state index is 13.0. The second kappa shape index (κ2) is 4.05. The normalized spacial score (nSPS) is 24.6. The van der Waals surface area contributed by atoms with Crippen LogP contribution in [0.25, 0.3) is 0 Å². The maximum atomic E-state index is 13.0. The molecule has 1 unspecified atom stereocenters. The fraction of sp³-hybridized carbons (Fsp3) is 1.00. The zero-order chi connectivity index (χ0) is 12.6. The maximum Gasteiger partial charge on any atom is 0.459 e. The lowest BCUT2D eigenvalue weighted by Gasteiger charge is -2.35. The van der Waals surface area contributed by atoms with Crippen LogP contribution < -0.4 is 0 Å². The Balaban J connectivity index is 2.90. The van der Waals surface area contributed by atoms with Crippen LogP contribution in [0.15, 0.2) is 0 Å². The number of halogens is 7. The van der Waals surface area contributed by atoms with Crippen LogP contribution in [0.3, 0.4) is 0 Å². The molecule has 96 valence electrons. The molecule has 0 saturated carbocycles. The lowest BCUT2D eigenvalue weighted by molar-refractivity contribution is -0.375. The molecule has 16 heavy (non-hydrogen) atoms. The predicted molar refractivity (Wildman–Crippen MR) is 39.5 cm³/mol. The van der Waals surface area contributed by atoms with E-state index < -0.39 is 30.5 Å². The Morgan fingerprint density at radius 1 is 0.875 bits per heavy atom. The van der Waals surface area contributed by atoms with Gasteiger partial charge < -0.3 is 4.74 Å². The van der Waals surface area contributed by atoms with Gasteiger partial charge in [0.2, 0.25) is 0 Å². The molecule has 1 aliphatic heterocycles. The van der Waals surface area contributed by atoms with Crippen LogP contribution in [0.2, 0.25) is 0 Å². The number of alkyl halides is 7. The van der Waals surface area contributed by atoms with Gasteiger partial charge in [-0.3, -0.25) is 0 Å². The highest BCUT2D eigenvalue weighted by molar-refractivity contribution is 4.97. The second-order valence-corrected chi connectivity index (χ2v) is 3.55. The lowest BCUT2D eigenvalue weighted by Crippen LogP contribution is -2.58. The fourth-order valence-corrected chi connectivity index (χ4v) is 1.42. The van der Waals surface area contributed by atoms with Crippen molar-refractivity contribution in [3.63, 3.8) is 0 Å². The van der Waals surface area contributed by atoms with Gasteiger partial charge in [-0.2, -0.15) is 30.7 Å². The summed E-state index contributed by atoms with van der Waals surface area (Å²) in [5, 5.41) is 0. The number of ether oxygens (including phenoxy) is 1. The zero-order valence-corrected chi connectivity index (χ0v) is 7.96. The highest BCUT2D eigenvalue weighted by Gasteiger charge is 2.75. The molecule has 0 bridgehead atoms. The van der Waals surface area contributed by atoms with E-state index in [1.807, 2.05) is 0 Å². The summed E-state index contributed by atoms with van der Waals surface area (Å²) in [5.74, 6) is -11.3. The van der Waals surface area contributed by atoms with Crippen molar-refractivity contribution in [2.45, 2.75) is 43.4 Å². The average Bonchev–Trinajstić information content (AvgIpc) is 2.17. The summed E-state index contributed by atoms with van der Waals surface area (Å²) in [7, 11) is 0. The highest BCUT2D eigenvalue weighted by atomic mass is 19.4. The first-order valence-electron chi connectivity index (χ1n) is 4.54. The molecule has 1 heterocycles. The second-order valence-electron chi connectivity index (χ2n) is 3.55. The number of hydrogen-bond acceptors (Lipinski definition) is 1. The minimum absolute atomic E-state index is 0.147. The third kappa shape index (κ3) is 2.11. The fourth-order valence-electron chi connectivity index (χ4n) is 1.42. The van der Waals surface area contributed by atoms with E-state index in [1.165, 1.54) is 0 Å². The molecule has 0 radical (unpaired) electrons. The molecule has 8 heteroatoms. The topological polar surface area (TPSA) is 9.23 Å². The molecule has 0 spiro atoms. The molecule has 1 atom stereocenters. The first-order chi connectivity index (χ1) is 7.11. The molecule has 0 aromatic rings. The molecule has 0 aromatic heterocycles. The van der Waals surface area contributed by atoms with Crippen molar-refractivity contribution < 1.29 is 35.5 Å². The van der Waals surface area contributed by atoms with E-state index in [0.717, 1.165) is 0 Å². The largest absolute Gasteiger partial charge is 0.459 e. The summed E-state index contributed by atoms with van der Waals surface area (Å²) in [6, 6.07) is 0. The minimum Gasteiger partial charge on any atom is -0.372 e. The van der Waals surface area contributed by atoms with Crippen molar-refractivity contribution in [1.82, 2.24) is 0 Å². The summed E-state index contributed by atoms with van der Waals surface area (Å²) in [4.78, 5) is 0. The quantitative estimate of drug-likeness (QED) is 0.686. The van der Waals surface area contributed by atoms with Gasteiger partial charge in [-0.05, 0) is 19.3 Å². The number of rotatable bonds is 2.